The number of carbonyl (C=O) groups is 1. The standard InChI is InChI=1S/C13H22N2O2S/c1-8(7-14-5)11-15-10(13(2,3)4)9(18-11)12(16)17-6/h8,14H,7H2,1-6H3. The van der Waals surface area contributed by atoms with E-state index in [4.69, 9.17) is 4.74 Å². The molecule has 1 heterocycles. The Balaban J connectivity index is 3.19. The van der Waals surface area contributed by atoms with Crippen LogP contribution in [0.5, 0.6) is 0 Å². The molecule has 0 radical (unpaired) electrons. The first kappa shape index (κ1) is 15.1. The highest BCUT2D eigenvalue weighted by Gasteiger charge is 2.28. The molecule has 0 aliphatic rings. The molecule has 0 aliphatic carbocycles. The fourth-order valence-electron chi connectivity index (χ4n) is 1.68. The summed E-state index contributed by atoms with van der Waals surface area (Å²) in [5.41, 5.74) is 0.676. The van der Waals surface area contributed by atoms with Gasteiger partial charge in [0.25, 0.3) is 0 Å². The summed E-state index contributed by atoms with van der Waals surface area (Å²) in [5, 5.41) is 4.11. The van der Waals surface area contributed by atoms with E-state index in [1.165, 1.54) is 18.4 Å². The maximum atomic E-state index is 11.8. The van der Waals surface area contributed by atoms with E-state index in [0.29, 0.717) is 10.8 Å². The predicted octanol–water partition coefficient (Wildman–Crippen LogP) is 2.55. The van der Waals surface area contributed by atoms with Crippen molar-refractivity contribution in [2.75, 3.05) is 20.7 Å². The van der Waals surface area contributed by atoms with E-state index in [2.05, 4.69) is 38.0 Å². The van der Waals surface area contributed by atoms with Crippen LogP contribution >= 0.6 is 11.3 Å². The summed E-state index contributed by atoms with van der Waals surface area (Å²) in [5.74, 6) is -0.000149. The molecule has 0 fully saturated rings. The SMILES string of the molecule is CNCC(C)c1nc(C(C)(C)C)c(C(=O)OC)s1. The van der Waals surface area contributed by atoms with Gasteiger partial charge in [-0.2, -0.15) is 0 Å². The number of hydrogen-bond donors (Lipinski definition) is 1. The second-order valence-electron chi connectivity index (χ2n) is 5.43. The van der Waals surface area contributed by atoms with Crippen LogP contribution in [0.15, 0.2) is 0 Å². The number of likely N-dealkylation sites (N-methyl/N-ethyl adjacent to an activating group) is 1. The quantitative estimate of drug-likeness (QED) is 0.854. The molecule has 0 aromatic carbocycles. The number of nitrogens with one attached hydrogen (secondary N) is 1. The van der Waals surface area contributed by atoms with Crippen LogP contribution in [0.2, 0.25) is 0 Å². The molecule has 1 N–H and O–H groups in total. The van der Waals surface area contributed by atoms with Crippen molar-refractivity contribution >= 4 is 17.3 Å². The van der Waals surface area contributed by atoms with Crippen molar-refractivity contribution in [3.05, 3.63) is 15.6 Å². The first-order valence-corrected chi connectivity index (χ1v) is 6.87. The highest BCUT2D eigenvalue weighted by molar-refractivity contribution is 7.13. The fraction of sp³-hybridized carbons (Fsp3) is 0.692. The van der Waals surface area contributed by atoms with Crippen LogP contribution in [0, 0.1) is 0 Å². The monoisotopic (exact) mass is 270 g/mol. The number of thiazole rings is 1. The zero-order valence-corrected chi connectivity index (χ0v) is 12.8. The van der Waals surface area contributed by atoms with Crippen LogP contribution in [0.1, 0.15) is 54.0 Å². The first-order valence-electron chi connectivity index (χ1n) is 6.05. The third-order valence-corrected chi connectivity index (χ3v) is 3.92. The Morgan fingerprint density at radius 1 is 1.50 bits per heavy atom. The summed E-state index contributed by atoms with van der Waals surface area (Å²) in [6, 6.07) is 0. The number of nitrogens with zero attached hydrogens (tertiary/aromatic N) is 1. The normalized spacial score (nSPS) is 13.4. The number of carbonyl (C=O) groups excluding carboxylic acids is 1. The molecule has 5 heteroatoms. The van der Waals surface area contributed by atoms with Gasteiger partial charge in [0.05, 0.1) is 17.8 Å². The lowest BCUT2D eigenvalue weighted by atomic mass is 9.91. The molecular formula is C13H22N2O2S. The van der Waals surface area contributed by atoms with Gasteiger partial charge in [-0.15, -0.1) is 11.3 Å². The van der Waals surface area contributed by atoms with E-state index in [-0.39, 0.29) is 11.4 Å². The van der Waals surface area contributed by atoms with Gasteiger partial charge >= 0.3 is 5.97 Å². The van der Waals surface area contributed by atoms with Crippen molar-refractivity contribution in [1.29, 1.82) is 0 Å². The molecule has 1 unspecified atom stereocenters. The van der Waals surface area contributed by atoms with Gasteiger partial charge in [-0.05, 0) is 7.05 Å². The number of aromatic nitrogens is 1. The van der Waals surface area contributed by atoms with Crippen molar-refractivity contribution in [2.45, 2.75) is 39.0 Å². The molecule has 1 atom stereocenters. The summed E-state index contributed by atoms with van der Waals surface area (Å²) >= 11 is 1.44. The lowest BCUT2D eigenvalue weighted by Crippen LogP contribution is -2.17. The second kappa shape index (κ2) is 5.80. The Morgan fingerprint density at radius 2 is 2.11 bits per heavy atom. The molecule has 1 aromatic rings. The minimum Gasteiger partial charge on any atom is -0.465 e. The molecule has 102 valence electrons. The lowest BCUT2D eigenvalue weighted by Gasteiger charge is -2.16. The summed E-state index contributed by atoms with van der Waals surface area (Å²) in [7, 11) is 3.32. The van der Waals surface area contributed by atoms with E-state index in [1.54, 1.807) is 0 Å². The molecular weight excluding hydrogens is 248 g/mol. The van der Waals surface area contributed by atoms with Crippen molar-refractivity contribution in [3.8, 4) is 0 Å². The van der Waals surface area contributed by atoms with E-state index >= 15 is 0 Å². The maximum Gasteiger partial charge on any atom is 0.350 e. The van der Waals surface area contributed by atoms with Crippen LogP contribution < -0.4 is 5.32 Å². The average Bonchev–Trinajstić information content (AvgIpc) is 2.72. The number of rotatable bonds is 4. The largest absolute Gasteiger partial charge is 0.465 e. The molecule has 0 aliphatic heterocycles. The lowest BCUT2D eigenvalue weighted by molar-refractivity contribution is 0.0603. The fourth-order valence-corrected chi connectivity index (χ4v) is 2.93. The van der Waals surface area contributed by atoms with Gasteiger partial charge in [-0.1, -0.05) is 27.7 Å². The minimum absolute atomic E-state index is 0.155. The Bertz CT molecular complexity index is 421. The van der Waals surface area contributed by atoms with Gasteiger partial charge in [-0.25, -0.2) is 9.78 Å². The summed E-state index contributed by atoms with van der Waals surface area (Å²) in [6.07, 6.45) is 0. The zero-order chi connectivity index (χ0) is 13.9. The highest BCUT2D eigenvalue weighted by Crippen LogP contribution is 2.32. The predicted molar refractivity (Wildman–Crippen MR) is 74.5 cm³/mol. The Kier molecular flexibility index (Phi) is 4.87. The summed E-state index contributed by atoms with van der Waals surface area (Å²) < 4.78 is 4.84. The van der Waals surface area contributed by atoms with Gasteiger partial charge in [-0.3, -0.25) is 0 Å². The van der Waals surface area contributed by atoms with E-state index < -0.39 is 0 Å². The number of hydrogen-bond acceptors (Lipinski definition) is 5. The van der Waals surface area contributed by atoms with Crippen LogP contribution in [0.3, 0.4) is 0 Å². The molecule has 0 bridgehead atoms. The molecule has 0 spiro atoms. The van der Waals surface area contributed by atoms with E-state index in [0.717, 1.165) is 17.2 Å². The van der Waals surface area contributed by atoms with Crippen molar-refractivity contribution in [3.63, 3.8) is 0 Å². The highest BCUT2D eigenvalue weighted by atomic mass is 32.1. The number of esters is 1. The Morgan fingerprint density at radius 3 is 2.56 bits per heavy atom. The van der Waals surface area contributed by atoms with Crippen LogP contribution in [0.4, 0.5) is 0 Å². The van der Waals surface area contributed by atoms with Crippen molar-refractivity contribution in [2.24, 2.45) is 0 Å². The topological polar surface area (TPSA) is 51.2 Å². The smallest absolute Gasteiger partial charge is 0.350 e. The minimum atomic E-state index is -0.291. The molecule has 0 saturated carbocycles. The van der Waals surface area contributed by atoms with Crippen LogP contribution in [-0.4, -0.2) is 31.7 Å². The van der Waals surface area contributed by atoms with Gasteiger partial charge in [0, 0.05) is 17.9 Å². The second-order valence-corrected chi connectivity index (χ2v) is 6.46. The van der Waals surface area contributed by atoms with Gasteiger partial charge in [0.1, 0.15) is 4.88 Å². The third kappa shape index (κ3) is 3.29. The molecule has 4 nitrogen and oxygen atoms in total. The summed E-state index contributed by atoms with van der Waals surface area (Å²) in [6.45, 7) is 9.11. The van der Waals surface area contributed by atoms with Gasteiger partial charge < -0.3 is 10.1 Å². The number of methoxy groups -OCH3 is 1. The third-order valence-electron chi connectivity index (χ3n) is 2.66. The Labute approximate surface area is 113 Å². The van der Waals surface area contributed by atoms with Crippen LogP contribution in [0.25, 0.3) is 0 Å². The zero-order valence-electron chi connectivity index (χ0n) is 12.0. The van der Waals surface area contributed by atoms with Crippen molar-refractivity contribution in [1.82, 2.24) is 10.3 Å². The van der Waals surface area contributed by atoms with Crippen LogP contribution in [-0.2, 0) is 10.2 Å². The molecule has 18 heavy (non-hydrogen) atoms. The average molecular weight is 270 g/mol. The van der Waals surface area contributed by atoms with E-state index in [9.17, 15) is 4.79 Å². The van der Waals surface area contributed by atoms with Crippen molar-refractivity contribution < 1.29 is 9.53 Å². The van der Waals surface area contributed by atoms with E-state index in [1.807, 2.05) is 7.05 Å². The molecule has 1 rings (SSSR count). The number of ether oxygens (including phenoxy) is 1. The first-order chi connectivity index (χ1) is 8.31. The molecule has 0 amide bonds. The molecule has 1 aromatic heterocycles. The molecule has 0 saturated heterocycles. The summed E-state index contributed by atoms with van der Waals surface area (Å²) in [4.78, 5) is 17.1. The maximum absolute atomic E-state index is 11.8. The van der Waals surface area contributed by atoms with Gasteiger partial charge in [0.2, 0.25) is 0 Å². The Hall–Kier alpha value is -0.940. The van der Waals surface area contributed by atoms with Gasteiger partial charge in [0.15, 0.2) is 0 Å².